The van der Waals surface area contributed by atoms with Gasteiger partial charge in [0.25, 0.3) is 11.8 Å². The van der Waals surface area contributed by atoms with Crippen LogP contribution in [-0.4, -0.2) is 35.7 Å². The van der Waals surface area contributed by atoms with Gasteiger partial charge in [-0.3, -0.25) is 14.4 Å². The standard InChI is InChI=1S/C20H20FN3O3/c21-15-5-3-4-14(12-15)20(27)24-10-8-13(9-11-24)19(26)23-17-7-2-1-6-16(17)18(22)25/h1-7,12-13H,8-11H2,(H2,22,25)(H,23,26). The van der Waals surface area contributed by atoms with E-state index in [2.05, 4.69) is 5.32 Å². The van der Waals surface area contributed by atoms with Gasteiger partial charge in [0.15, 0.2) is 0 Å². The van der Waals surface area contributed by atoms with Crippen molar-refractivity contribution in [1.29, 1.82) is 0 Å². The van der Waals surface area contributed by atoms with E-state index in [-0.39, 0.29) is 23.3 Å². The molecular formula is C20H20FN3O3. The summed E-state index contributed by atoms with van der Waals surface area (Å²) in [5.41, 5.74) is 6.26. The van der Waals surface area contributed by atoms with E-state index in [0.29, 0.717) is 37.2 Å². The fourth-order valence-electron chi connectivity index (χ4n) is 3.19. The van der Waals surface area contributed by atoms with Crippen molar-refractivity contribution in [2.75, 3.05) is 18.4 Å². The van der Waals surface area contributed by atoms with Gasteiger partial charge in [-0.1, -0.05) is 18.2 Å². The third-order valence-corrected chi connectivity index (χ3v) is 4.67. The van der Waals surface area contributed by atoms with E-state index in [1.165, 1.54) is 18.2 Å². The molecule has 7 heteroatoms. The fourth-order valence-corrected chi connectivity index (χ4v) is 3.19. The Kier molecular flexibility index (Phi) is 5.49. The van der Waals surface area contributed by atoms with E-state index in [9.17, 15) is 18.8 Å². The highest BCUT2D eigenvalue weighted by Gasteiger charge is 2.28. The highest BCUT2D eigenvalue weighted by molar-refractivity contribution is 6.03. The van der Waals surface area contributed by atoms with Gasteiger partial charge in [-0.2, -0.15) is 0 Å². The molecule has 3 amide bonds. The highest BCUT2D eigenvalue weighted by Crippen LogP contribution is 2.22. The lowest BCUT2D eigenvalue weighted by Gasteiger charge is -2.31. The van der Waals surface area contributed by atoms with Gasteiger partial charge in [0.2, 0.25) is 5.91 Å². The average Bonchev–Trinajstić information content (AvgIpc) is 2.67. The average molecular weight is 369 g/mol. The van der Waals surface area contributed by atoms with Crippen LogP contribution in [0.2, 0.25) is 0 Å². The number of likely N-dealkylation sites (tertiary alicyclic amines) is 1. The summed E-state index contributed by atoms with van der Waals surface area (Å²) in [7, 11) is 0. The van der Waals surface area contributed by atoms with Crippen molar-refractivity contribution in [2.24, 2.45) is 11.7 Å². The molecule has 2 aromatic carbocycles. The van der Waals surface area contributed by atoms with Gasteiger partial charge in [-0.25, -0.2) is 4.39 Å². The highest BCUT2D eigenvalue weighted by atomic mass is 19.1. The number of nitrogens with one attached hydrogen (secondary N) is 1. The summed E-state index contributed by atoms with van der Waals surface area (Å²) in [6.45, 7) is 0.815. The third-order valence-electron chi connectivity index (χ3n) is 4.67. The molecule has 0 aromatic heterocycles. The molecule has 3 N–H and O–H groups in total. The van der Waals surface area contributed by atoms with Crippen LogP contribution in [0.4, 0.5) is 10.1 Å². The number of benzene rings is 2. The van der Waals surface area contributed by atoms with Crippen LogP contribution in [0.15, 0.2) is 48.5 Å². The number of piperidine rings is 1. The molecule has 1 aliphatic rings. The Balaban J connectivity index is 1.60. The number of nitrogens with two attached hydrogens (primary N) is 1. The van der Waals surface area contributed by atoms with E-state index in [4.69, 9.17) is 5.73 Å². The van der Waals surface area contributed by atoms with Crippen LogP contribution >= 0.6 is 0 Å². The van der Waals surface area contributed by atoms with Gasteiger partial charge < -0.3 is 16.0 Å². The molecule has 0 atom stereocenters. The normalized spacial score (nSPS) is 14.6. The van der Waals surface area contributed by atoms with Crippen LogP contribution in [0.1, 0.15) is 33.6 Å². The van der Waals surface area contributed by atoms with E-state index in [1.807, 2.05) is 0 Å². The van der Waals surface area contributed by atoms with Crippen LogP contribution < -0.4 is 11.1 Å². The maximum Gasteiger partial charge on any atom is 0.253 e. The first-order chi connectivity index (χ1) is 13.0. The van der Waals surface area contributed by atoms with Crippen molar-refractivity contribution in [2.45, 2.75) is 12.8 Å². The number of hydrogen-bond donors (Lipinski definition) is 2. The van der Waals surface area contributed by atoms with Crippen molar-refractivity contribution < 1.29 is 18.8 Å². The number of hydrogen-bond acceptors (Lipinski definition) is 3. The van der Waals surface area contributed by atoms with Crippen molar-refractivity contribution in [1.82, 2.24) is 4.90 Å². The molecule has 2 aromatic rings. The number of nitrogens with zero attached hydrogens (tertiary/aromatic N) is 1. The number of carbonyl (C=O) groups is 3. The van der Waals surface area contributed by atoms with Crippen molar-refractivity contribution in [3.63, 3.8) is 0 Å². The summed E-state index contributed by atoms with van der Waals surface area (Å²) in [5, 5.41) is 2.75. The van der Waals surface area contributed by atoms with Gasteiger partial charge in [0.1, 0.15) is 5.82 Å². The molecule has 1 saturated heterocycles. The molecule has 1 aliphatic heterocycles. The van der Waals surface area contributed by atoms with Gasteiger partial charge in [0.05, 0.1) is 11.3 Å². The zero-order valence-corrected chi connectivity index (χ0v) is 14.7. The Morgan fingerprint density at radius 2 is 1.74 bits per heavy atom. The number of primary amides is 1. The minimum atomic E-state index is -0.610. The first-order valence-corrected chi connectivity index (χ1v) is 8.70. The molecule has 0 aliphatic carbocycles. The SMILES string of the molecule is NC(=O)c1ccccc1NC(=O)C1CCN(C(=O)c2cccc(F)c2)CC1. The molecule has 140 valence electrons. The first-order valence-electron chi connectivity index (χ1n) is 8.70. The molecule has 0 unspecified atom stereocenters. The number of halogens is 1. The second-order valence-electron chi connectivity index (χ2n) is 6.48. The number of amides is 3. The summed E-state index contributed by atoms with van der Waals surface area (Å²) in [5.74, 6) is -1.79. The molecule has 0 radical (unpaired) electrons. The molecule has 1 heterocycles. The molecule has 3 rings (SSSR count). The van der Waals surface area contributed by atoms with Crippen molar-refractivity contribution in [3.8, 4) is 0 Å². The first kappa shape index (κ1) is 18.6. The zero-order valence-electron chi connectivity index (χ0n) is 14.7. The minimum Gasteiger partial charge on any atom is -0.366 e. The van der Waals surface area contributed by atoms with Gasteiger partial charge in [0, 0.05) is 24.6 Å². The minimum absolute atomic E-state index is 0.207. The Morgan fingerprint density at radius 3 is 2.41 bits per heavy atom. The van der Waals surface area contributed by atoms with Crippen LogP contribution in [0, 0.1) is 11.7 Å². The lowest BCUT2D eigenvalue weighted by Crippen LogP contribution is -2.41. The Morgan fingerprint density at radius 1 is 1.04 bits per heavy atom. The molecular weight excluding hydrogens is 349 g/mol. The third kappa shape index (κ3) is 4.31. The topological polar surface area (TPSA) is 92.5 Å². The predicted octanol–water partition coefficient (Wildman–Crippen LogP) is 2.42. The Bertz CT molecular complexity index is 876. The largest absolute Gasteiger partial charge is 0.366 e. The van der Waals surface area contributed by atoms with Crippen LogP contribution in [0.25, 0.3) is 0 Å². The molecule has 0 saturated carbocycles. The summed E-state index contributed by atoms with van der Waals surface area (Å²) >= 11 is 0. The number of anilines is 1. The van der Waals surface area contributed by atoms with Crippen molar-refractivity contribution >= 4 is 23.4 Å². The van der Waals surface area contributed by atoms with Crippen LogP contribution in [0.3, 0.4) is 0 Å². The summed E-state index contributed by atoms with van der Waals surface area (Å²) in [6, 6.07) is 12.1. The maximum atomic E-state index is 13.3. The molecule has 0 spiro atoms. The van der Waals surface area contributed by atoms with Crippen LogP contribution in [0.5, 0.6) is 0 Å². The van der Waals surface area contributed by atoms with E-state index in [1.54, 1.807) is 35.2 Å². The molecule has 27 heavy (non-hydrogen) atoms. The molecule has 1 fully saturated rings. The van der Waals surface area contributed by atoms with Gasteiger partial charge in [-0.15, -0.1) is 0 Å². The predicted molar refractivity (Wildman–Crippen MR) is 98.6 cm³/mol. The molecule has 6 nitrogen and oxygen atoms in total. The number of para-hydroxylation sites is 1. The smallest absolute Gasteiger partial charge is 0.253 e. The number of rotatable bonds is 4. The monoisotopic (exact) mass is 369 g/mol. The zero-order chi connectivity index (χ0) is 19.4. The van der Waals surface area contributed by atoms with Crippen LogP contribution in [-0.2, 0) is 4.79 Å². The van der Waals surface area contributed by atoms with Gasteiger partial charge in [-0.05, 0) is 43.2 Å². The fraction of sp³-hybridized carbons (Fsp3) is 0.250. The Labute approximate surface area is 156 Å². The lowest BCUT2D eigenvalue weighted by molar-refractivity contribution is -0.121. The summed E-state index contributed by atoms with van der Waals surface area (Å²) in [6.07, 6.45) is 0.983. The maximum absolute atomic E-state index is 13.3. The van der Waals surface area contributed by atoms with E-state index in [0.717, 1.165) is 0 Å². The summed E-state index contributed by atoms with van der Waals surface area (Å²) < 4.78 is 13.3. The molecule has 0 bridgehead atoms. The Hall–Kier alpha value is -3.22. The second kappa shape index (κ2) is 7.99. The van der Waals surface area contributed by atoms with E-state index < -0.39 is 11.7 Å². The summed E-state index contributed by atoms with van der Waals surface area (Å²) in [4.78, 5) is 38.0. The van der Waals surface area contributed by atoms with E-state index >= 15 is 0 Å². The number of carbonyl (C=O) groups excluding carboxylic acids is 3. The second-order valence-corrected chi connectivity index (χ2v) is 6.48. The quantitative estimate of drug-likeness (QED) is 0.867. The lowest BCUT2D eigenvalue weighted by atomic mass is 9.95. The van der Waals surface area contributed by atoms with Crippen molar-refractivity contribution in [3.05, 3.63) is 65.5 Å². The van der Waals surface area contributed by atoms with Gasteiger partial charge >= 0.3 is 0 Å².